The fraction of sp³-hybridized carbons (Fsp3) is 0.0769. The van der Waals surface area contributed by atoms with Crippen LogP contribution in [0, 0.1) is 5.82 Å². The van der Waals surface area contributed by atoms with Gasteiger partial charge in [-0.1, -0.05) is 12.1 Å². The van der Waals surface area contributed by atoms with Crippen molar-refractivity contribution >= 4 is 12.1 Å². The molecule has 1 amide bonds. The molecular formula is C13H11FN4O4. The maximum Gasteiger partial charge on any atom is 0.328 e. The van der Waals surface area contributed by atoms with Gasteiger partial charge in [0.05, 0.1) is 12.6 Å². The van der Waals surface area contributed by atoms with Gasteiger partial charge in [0, 0.05) is 0 Å². The Morgan fingerprint density at radius 3 is 2.59 bits per heavy atom. The summed E-state index contributed by atoms with van der Waals surface area (Å²) >= 11 is 0. The van der Waals surface area contributed by atoms with Gasteiger partial charge in [-0.25, -0.2) is 14.6 Å². The van der Waals surface area contributed by atoms with Crippen LogP contribution in [0.2, 0.25) is 0 Å². The molecule has 1 aromatic heterocycles. The third-order valence-corrected chi connectivity index (χ3v) is 2.62. The number of H-pyrrole nitrogens is 2. The smallest absolute Gasteiger partial charge is 0.328 e. The van der Waals surface area contributed by atoms with Gasteiger partial charge in [0.2, 0.25) is 11.8 Å². The fourth-order valence-corrected chi connectivity index (χ4v) is 1.60. The first-order valence-electron chi connectivity index (χ1n) is 6.07. The number of carbonyl (C=O) groups is 1. The number of halogens is 1. The third kappa shape index (κ3) is 3.88. The summed E-state index contributed by atoms with van der Waals surface area (Å²) in [5.74, 6) is -1.57. The van der Waals surface area contributed by atoms with Crippen LogP contribution in [-0.2, 0) is 11.2 Å². The van der Waals surface area contributed by atoms with E-state index in [4.69, 9.17) is 0 Å². The molecule has 1 aromatic carbocycles. The zero-order chi connectivity index (χ0) is 16.1. The predicted molar refractivity (Wildman–Crippen MR) is 75.2 cm³/mol. The van der Waals surface area contributed by atoms with Gasteiger partial charge in [-0.05, 0) is 17.7 Å². The van der Waals surface area contributed by atoms with E-state index in [1.165, 1.54) is 24.3 Å². The van der Waals surface area contributed by atoms with Gasteiger partial charge < -0.3 is 5.11 Å². The second-order valence-electron chi connectivity index (χ2n) is 4.27. The normalized spacial score (nSPS) is 10.8. The van der Waals surface area contributed by atoms with E-state index in [2.05, 4.69) is 10.5 Å². The summed E-state index contributed by atoms with van der Waals surface area (Å²) in [6.07, 6.45) is 0.859. The number of aromatic amines is 2. The Bertz CT molecular complexity index is 823. The lowest BCUT2D eigenvalue weighted by molar-refractivity contribution is -0.120. The topological polar surface area (TPSA) is 127 Å². The fourth-order valence-electron chi connectivity index (χ4n) is 1.60. The first-order chi connectivity index (χ1) is 10.5. The first-order valence-corrected chi connectivity index (χ1v) is 6.07. The van der Waals surface area contributed by atoms with Gasteiger partial charge in [-0.3, -0.25) is 19.6 Å². The van der Waals surface area contributed by atoms with Crippen LogP contribution in [0.1, 0.15) is 11.1 Å². The van der Waals surface area contributed by atoms with E-state index in [1.54, 1.807) is 0 Å². The molecule has 0 unspecified atom stereocenters. The Labute approximate surface area is 122 Å². The third-order valence-electron chi connectivity index (χ3n) is 2.62. The lowest BCUT2D eigenvalue weighted by Crippen LogP contribution is -2.26. The van der Waals surface area contributed by atoms with Crippen LogP contribution in [0.15, 0.2) is 39.0 Å². The van der Waals surface area contributed by atoms with E-state index in [9.17, 15) is 23.9 Å². The molecule has 0 atom stereocenters. The van der Waals surface area contributed by atoms with Crippen LogP contribution < -0.4 is 16.7 Å². The van der Waals surface area contributed by atoms with E-state index in [-0.39, 0.29) is 12.0 Å². The molecule has 1 heterocycles. The molecule has 0 spiro atoms. The minimum Gasteiger partial charge on any atom is -0.494 e. The molecule has 0 fully saturated rings. The first kappa shape index (κ1) is 15.2. The lowest BCUT2D eigenvalue weighted by Gasteiger charge is -2.00. The van der Waals surface area contributed by atoms with E-state index >= 15 is 0 Å². The van der Waals surface area contributed by atoms with Crippen molar-refractivity contribution in [2.45, 2.75) is 6.42 Å². The maximum absolute atomic E-state index is 12.7. The van der Waals surface area contributed by atoms with Gasteiger partial charge in [0.15, 0.2) is 0 Å². The van der Waals surface area contributed by atoms with Crippen molar-refractivity contribution in [2.24, 2.45) is 5.10 Å². The second kappa shape index (κ2) is 6.48. The highest BCUT2D eigenvalue weighted by molar-refractivity contribution is 5.84. The minimum atomic E-state index is -0.861. The highest BCUT2D eigenvalue weighted by atomic mass is 19.1. The summed E-state index contributed by atoms with van der Waals surface area (Å²) in [6.45, 7) is 0. The number of benzene rings is 1. The standard InChI is InChI=1S/C13H11FN4O4/c14-8-3-1-7(2-4-8)5-10(19)18-15-6-9-11(20)16-13(22)17-12(9)21/h1-4,6H,5H2,(H,18,19)(H3,16,17,20,21,22). The van der Waals surface area contributed by atoms with Crippen molar-refractivity contribution in [1.82, 2.24) is 15.4 Å². The van der Waals surface area contributed by atoms with Crippen molar-refractivity contribution in [3.8, 4) is 5.88 Å². The van der Waals surface area contributed by atoms with E-state index in [1.807, 2.05) is 9.97 Å². The number of hydrazone groups is 1. The van der Waals surface area contributed by atoms with Gasteiger partial charge >= 0.3 is 5.69 Å². The average Bonchev–Trinajstić information content (AvgIpc) is 2.44. The molecule has 9 heteroatoms. The van der Waals surface area contributed by atoms with Crippen LogP contribution in [0.5, 0.6) is 5.88 Å². The summed E-state index contributed by atoms with van der Waals surface area (Å²) in [4.78, 5) is 37.7. The highest BCUT2D eigenvalue weighted by Gasteiger charge is 2.06. The van der Waals surface area contributed by atoms with Crippen molar-refractivity contribution < 1.29 is 14.3 Å². The quantitative estimate of drug-likeness (QED) is 0.452. The maximum atomic E-state index is 12.7. The highest BCUT2D eigenvalue weighted by Crippen LogP contribution is 2.03. The molecule has 0 radical (unpaired) electrons. The van der Waals surface area contributed by atoms with Gasteiger partial charge in [-0.2, -0.15) is 5.10 Å². The average molecular weight is 306 g/mol. The molecule has 8 nitrogen and oxygen atoms in total. The minimum absolute atomic E-state index is 0.0361. The van der Waals surface area contributed by atoms with Crippen molar-refractivity contribution in [3.05, 3.63) is 62.0 Å². The molecule has 0 bridgehead atoms. The Balaban J connectivity index is 2.00. The zero-order valence-corrected chi connectivity index (χ0v) is 11.1. The van der Waals surface area contributed by atoms with Crippen LogP contribution in [-0.4, -0.2) is 27.2 Å². The Kier molecular flexibility index (Phi) is 4.47. The number of nitrogens with zero attached hydrogens (tertiary/aromatic N) is 1. The molecule has 4 N–H and O–H groups in total. The van der Waals surface area contributed by atoms with Crippen molar-refractivity contribution in [1.29, 1.82) is 0 Å². The van der Waals surface area contributed by atoms with Crippen LogP contribution in [0.3, 0.4) is 0 Å². The largest absolute Gasteiger partial charge is 0.494 e. The molecule has 0 saturated carbocycles. The number of hydrogen-bond donors (Lipinski definition) is 4. The van der Waals surface area contributed by atoms with Crippen LogP contribution in [0.25, 0.3) is 0 Å². The molecular weight excluding hydrogens is 295 g/mol. The van der Waals surface area contributed by atoms with E-state index < -0.39 is 28.9 Å². The molecule has 0 aliphatic rings. The molecule has 114 valence electrons. The second-order valence-corrected chi connectivity index (χ2v) is 4.27. The molecule has 0 saturated heterocycles. The van der Waals surface area contributed by atoms with E-state index in [0.717, 1.165) is 6.21 Å². The molecule has 0 aliphatic heterocycles. The number of aromatic hydroxyl groups is 1. The number of nitrogens with one attached hydrogen (secondary N) is 3. The van der Waals surface area contributed by atoms with Crippen molar-refractivity contribution in [3.63, 3.8) is 0 Å². The number of carbonyl (C=O) groups excluding carboxylic acids is 1. The number of hydrogen-bond acceptors (Lipinski definition) is 5. The summed E-state index contributed by atoms with van der Waals surface area (Å²) in [7, 11) is 0. The monoisotopic (exact) mass is 306 g/mol. The van der Waals surface area contributed by atoms with Crippen LogP contribution >= 0.6 is 0 Å². The SMILES string of the molecule is O=C(Cc1ccc(F)cc1)NN=Cc1c(O)[nH]c(=O)[nH]c1=O. The molecule has 2 aromatic rings. The van der Waals surface area contributed by atoms with E-state index in [0.29, 0.717) is 5.56 Å². The Hall–Kier alpha value is -3.23. The Morgan fingerprint density at radius 1 is 1.27 bits per heavy atom. The molecule has 2 rings (SSSR count). The predicted octanol–water partition coefficient (Wildman–Crippen LogP) is -0.399. The number of amides is 1. The molecule has 22 heavy (non-hydrogen) atoms. The number of rotatable bonds is 4. The zero-order valence-electron chi connectivity index (χ0n) is 11.1. The Morgan fingerprint density at radius 2 is 1.95 bits per heavy atom. The van der Waals surface area contributed by atoms with Crippen molar-refractivity contribution in [2.75, 3.05) is 0 Å². The number of aromatic nitrogens is 2. The summed E-state index contributed by atoms with van der Waals surface area (Å²) in [5.41, 5.74) is 0.712. The van der Waals surface area contributed by atoms with Crippen LogP contribution in [0.4, 0.5) is 4.39 Å². The van der Waals surface area contributed by atoms with Gasteiger partial charge in [0.1, 0.15) is 11.4 Å². The summed E-state index contributed by atoms with van der Waals surface area (Å²) in [6, 6.07) is 5.36. The van der Waals surface area contributed by atoms with Gasteiger partial charge in [0.25, 0.3) is 5.56 Å². The lowest BCUT2D eigenvalue weighted by atomic mass is 10.1. The summed E-state index contributed by atoms with van der Waals surface area (Å²) in [5, 5.41) is 12.9. The molecule has 0 aliphatic carbocycles. The summed E-state index contributed by atoms with van der Waals surface area (Å²) < 4.78 is 12.7. The van der Waals surface area contributed by atoms with Gasteiger partial charge in [-0.15, -0.1) is 0 Å².